The molecular formula is C41H49FN4O8S. The van der Waals surface area contributed by atoms with Crippen LogP contribution in [0.2, 0.25) is 0 Å². The SMILES string of the molecule is C=C[C@@H]1C[C@]1(NC(=O)[C@@H]1CN(C(=O)[C@@H](NC(=O)OC(C)(C)C)C(C)C)CC[C@H]1c1ccc(F)cc1)C(=O)NS(=O)(=O)c1cccc(OCc2ccccc2)c1. The number of nitrogens with one attached hydrogen (secondary N) is 3. The van der Waals surface area contributed by atoms with E-state index in [4.69, 9.17) is 9.47 Å². The number of carbonyl (C=O) groups excluding carboxylic acids is 4. The average Bonchev–Trinajstić information content (AvgIpc) is 3.86. The van der Waals surface area contributed by atoms with Gasteiger partial charge in [-0.25, -0.2) is 22.3 Å². The second-order valence-corrected chi connectivity index (χ2v) is 17.1. The first-order chi connectivity index (χ1) is 25.9. The highest BCUT2D eigenvalue weighted by molar-refractivity contribution is 7.90. The normalized spacial score (nSPS) is 21.5. The van der Waals surface area contributed by atoms with Crippen molar-refractivity contribution in [1.29, 1.82) is 0 Å². The van der Waals surface area contributed by atoms with Gasteiger partial charge < -0.3 is 25.0 Å². The van der Waals surface area contributed by atoms with Crippen molar-refractivity contribution in [3.8, 4) is 5.75 Å². The van der Waals surface area contributed by atoms with Crippen LogP contribution in [0.15, 0.2) is 96.4 Å². The lowest BCUT2D eigenvalue weighted by Gasteiger charge is -2.40. The van der Waals surface area contributed by atoms with Crippen LogP contribution in [-0.2, 0) is 35.8 Å². The number of benzene rings is 3. The van der Waals surface area contributed by atoms with Crippen molar-refractivity contribution < 1.29 is 41.5 Å². The Balaban J connectivity index is 1.35. The van der Waals surface area contributed by atoms with Gasteiger partial charge in [0.25, 0.3) is 15.9 Å². The molecule has 2 aliphatic rings. The topological polar surface area (TPSA) is 160 Å². The predicted molar refractivity (Wildman–Crippen MR) is 204 cm³/mol. The van der Waals surface area contributed by atoms with Crippen molar-refractivity contribution in [1.82, 2.24) is 20.3 Å². The van der Waals surface area contributed by atoms with E-state index in [1.165, 1.54) is 41.3 Å². The van der Waals surface area contributed by atoms with Gasteiger partial charge in [0.05, 0.1) is 10.8 Å². The number of carbonyl (C=O) groups is 4. The van der Waals surface area contributed by atoms with Crippen LogP contribution in [0.25, 0.3) is 0 Å². The highest BCUT2D eigenvalue weighted by atomic mass is 32.2. The summed E-state index contributed by atoms with van der Waals surface area (Å²) in [7, 11) is -4.42. The molecule has 1 aliphatic heterocycles. The van der Waals surface area contributed by atoms with Crippen LogP contribution in [0.1, 0.15) is 64.5 Å². The standard InChI is InChI=1S/C41H49FN4O8S/c1-7-29-23-41(29,38(49)45-55(51,52)32-15-11-14-31(22-32)53-25-27-12-9-8-10-13-27)44-36(47)34-24-46(21-20-33(34)28-16-18-30(42)19-17-28)37(48)35(26(2)3)43-39(50)54-40(4,5)6/h7-19,22,26,29,33-35H,1,20-21,23-25H2,2-6H3,(H,43,50)(H,44,47)(H,45,49)/t29-,33+,34-,35+,41-/m1/s1. The highest BCUT2D eigenvalue weighted by Crippen LogP contribution is 2.46. The molecule has 0 unspecified atom stereocenters. The Morgan fingerprint density at radius 1 is 1.02 bits per heavy atom. The van der Waals surface area contributed by atoms with Gasteiger partial charge in [0.15, 0.2) is 0 Å². The molecule has 0 aromatic heterocycles. The summed E-state index contributed by atoms with van der Waals surface area (Å²) in [6, 6.07) is 19.9. The number of alkyl carbamates (subject to hydrolysis) is 1. The van der Waals surface area contributed by atoms with Crippen molar-refractivity contribution in [2.45, 2.75) is 82.1 Å². The third-order valence-electron chi connectivity index (χ3n) is 9.81. The van der Waals surface area contributed by atoms with Gasteiger partial charge in [-0.3, -0.25) is 14.4 Å². The molecule has 2 fully saturated rings. The van der Waals surface area contributed by atoms with Crippen molar-refractivity contribution in [3.63, 3.8) is 0 Å². The van der Waals surface area contributed by atoms with E-state index >= 15 is 0 Å². The third kappa shape index (κ3) is 10.1. The molecule has 55 heavy (non-hydrogen) atoms. The first-order valence-electron chi connectivity index (χ1n) is 18.2. The van der Waals surface area contributed by atoms with Crippen molar-refractivity contribution in [2.75, 3.05) is 13.1 Å². The highest BCUT2D eigenvalue weighted by Gasteiger charge is 2.61. The molecule has 294 valence electrons. The number of halogens is 1. The summed E-state index contributed by atoms with van der Waals surface area (Å²) >= 11 is 0. The summed E-state index contributed by atoms with van der Waals surface area (Å²) in [6.45, 7) is 12.8. The molecule has 14 heteroatoms. The summed E-state index contributed by atoms with van der Waals surface area (Å²) in [6.07, 6.45) is 1.13. The maximum atomic E-state index is 14.4. The van der Waals surface area contributed by atoms with Crippen LogP contribution in [0, 0.1) is 23.6 Å². The lowest BCUT2D eigenvalue weighted by atomic mass is 9.79. The van der Waals surface area contributed by atoms with Gasteiger partial charge in [-0.2, -0.15) is 0 Å². The van der Waals surface area contributed by atoms with Crippen molar-refractivity contribution in [3.05, 3.63) is 108 Å². The van der Waals surface area contributed by atoms with E-state index in [-0.39, 0.29) is 42.7 Å². The van der Waals surface area contributed by atoms with Gasteiger partial charge in [0.2, 0.25) is 11.8 Å². The summed E-state index contributed by atoms with van der Waals surface area (Å²) in [5.74, 6) is -4.45. The average molecular weight is 777 g/mol. The zero-order valence-corrected chi connectivity index (χ0v) is 32.5. The number of rotatable bonds is 13. The molecule has 1 aliphatic carbocycles. The monoisotopic (exact) mass is 776 g/mol. The zero-order chi connectivity index (χ0) is 40.1. The molecule has 0 spiro atoms. The third-order valence-corrected chi connectivity index (χ3v) is 11.1. The summed E-state index contributed by atoms with van der Waals surface area (Å²) in [5.41, 5.74) is -0.881. The number of ether oxygens (including phenoxy) is 2. The molecule has 1 saturated carbocycles. The zero-order valence-electron chi connectivity index (χ0n) is 31.7. The van der Waals surface area contributed by atoms with E-state index in [0.29, 0.717) is 12.0 Å². The molecule has 0 radical (unpaired) electrons. The second-order valence-electron chi connectivity index (χ2n) is 15.4. The predicted octanol–water partition coefficient (Wildman–Crippen LogP) is 5.45. The van der Waals surface area contributed by atoms with Gasteiger partial charge in [0.1, 0.15) is 35.4 Å². The van der Waals surface area contributed by atoms with Crippen molar-refractivity contribution >= 4 is 33.8 Å². The van der Waals surface area contributed by atoms with Gasteiger partial charge in [-0.1, -0.05) is 68.5 Å². The first-order valence-corrected chi connectivity index (χ1v) is 19.7. The van der Waals surface area contributed by atoms with E-state index in [0.717, 1.165) is 5.56 Å². The Hall–Kier alpha value is -5.24. The molecular weight excluding hydrogens is 728 g/mol. The van der Waals surface area contributed by atoms with E-state index in [2.05, 4.69) is 21.9 Å². The number of piperidine rings is 1. The van der Waals surface area contributed by atoms with E-state index in [9.17, 15) is 32.0 Å². The molecule has 5 rings (SSSR count). The molecule has 3 aromatic rings. The number of amides is 4. The Kier molecular flexibility index (Phi) is 12.4. The fourth-order valence-corrected chi connectivity index (χ4v) is 7.84. The minimum Gasteiger partial charge on any atom is -0.489 e. The summed E-state index contributed by atoms with van der Waals surface area (Å²) < 4.78 is 54.4. The largest absolute Gasteiger partial charge is 0.489 e. The van der Waals surface area contributed by atoms with Crippen LogP contribution >= 0.6 is 0 Å². The molecule has 3 N–H and O–H groups in total. The maximum Gasteiger partial charge on any atom is 0.408 e. The van der Waals surface area contributed by atoms with Gasteiger partial charge in [-0.05, 0) is 80.8 Å². The molecule has 1 heterocycles. The minimum atomic E-state index is -4.42. The van der Waals surface area contributed by atoms with Crippen LogP contribution < -0.4 is 20.1 Å². The fraction of sp³-hybridized carbons (Fsp3) is 0.415. The van der Waals surface area contributed by atoms with E-state index in [1.807, 2.05) is 30.3 Å². The molecule has 1 saturated heterocycles. The molecule has 5 atom stereocenters. The number of sulfonamides is 1. The smallest absolute Gasteiger partial charge is 0.408 e. The summed E-state index contributed by atoms with van der Waals surface area (Å²) in [5, 5.41) is 5.50. The van der Waals surface area contributed by atoms with Crippen LogP contribution in [0.5, 0.6) is 5.75 Å². The van der Waals surface area contributed by atoms with Gasteiger partial charge >= 0.3 is 6.09 Å². The molecule has 3 aromatic carbocycles. The van der Waals surface area contributed by atoms with Gasteiger partial charge in [0, 0.05) is 25.1 Å². The van der Waals surface area contributed by atoms with Crippen LogP contribution in [0.3, 0.4) is 0 Å². The quantitative estimate of drug-likeness (QED) is 0.193. The number of likely N-dealkylation sites (tertiary alicyclic amines) is 1. The van der Waals surface area contributed by atoms with Crippen LogP contribution in [-0.4, -0.2) is 67.4 Å². The number of nitrogens with zero attached hydrogens (tertiary/aromatic N) is 1. The molecule has 0 bridgehead atoms. The number of hydrogen-bond acceptors (Lipinski definition) is 8. The molecule has 12 nitrogen and oxygen atoms in total. The maximum absolute atomic E-state index is 14.4. The first kappa shape index (κ1) is 40.9. The van der Waals surface area contributed by atoms with Gasteiger partial charge in [-0.15, -0.1) is 6.58 Å². The van der Waals surface area contributed by atoms with Crippen LogP contribution in [0.4, 0.5) is 9.18 Å². The van der Waals surface area contributed by atoms with E-state index < -0.39 is 74.6 Å². The Labute approximate surface area is 321 Å². The minimum absolute atomic E-state index is 0.0868. The fourth-order valence-electron chi connectivity index (χ4n) is 6.76. The van der Waals surface area contributed by atoms with Crippen molar-refractivity contribution in [2.24, 2.45) is 17.8 Å². The lowest BCUT2D eigenvalue weighted by molar-refractivity contribution is -0.140. The second kappa shape index (κ2) is 16.6. The molecule has 4 amide bonds. The Morgan fingerprint density at radius 2 is 1.71 bits per heavy atom. The lowest BCUT2D eigenvalue weighted by Crippen LogP contribution is -2.58. The Bertz CT molecular complexity index is 2000. The number of hydrogen-bond donors (Lipinski definition) is 3. The van der Waals surface area contributed by atoms with E-state index in [1.54, 1.807) is 52.8 Å². The Morgan fingerprint density at radius 3 is 2.33 bits per heavy atom. The summed E-state index contributed by atoms with van der Waals surface area (Å²) in [4.78, 5) is 56.2.